The van der Waals surface area contributed by atoms with Crippen LogP contribution in [0.5, 0.6) is 0 Å². The highest BCUT2D eigenvalue weighted by Gasteiger charge is 2.10. The Balaban J connectivity index is 4.78. The van der Waals surface area contributed by atoms with Gasteiger partial charge in [-0.3, -0.25) is 0 Å². The van der Waals surface area contributed by atoms with E-state index in [-0.39, 0.29) is 0 Å². The zero-order valence-electron chi connectivity index (χ0n) is 13.4. The molecule has 0 fully saturated rings. The van der Waals surface area contributed by atoms with Gasteiger partial charge in [-0.1, -0.05) is 57.6 Å². The van der Waals surface area contributed by atoms with Crippen LogP contribution >= 0.6 is 0 Å². The summed E-state index contributed by atoms with van der Waals surface area (Å²) in [5.41, 5.74) is 1.12. The smallest absolute Gasteiger partial charge is 0.328 e. The van der Waals surface area contributed by atoms with Crippen molar-refractivity contribution in [3.63, 3.8) is 0 Å². The number of carbonyl (C=O) groups is 1. The zero-order valence-corrected chi connectivity index (χ0v) is 13.4. The summed E-state index contributed by atoms with van der Waals surface area (Å²) in [5, 5.41) is 8.71. The molecular weight excluding hydrogens is 248 g/mol. The Hall–Kier alpha value is -1.31. The molecule has 0 saturated heterocycles. The molecule has 0 amide bonds. The average molecular weight is 278 g/mol. The summed E-state index contributed by atoms with van der Waals surface area (Å²) in [6.07, 6.45) is 15.2. The second kappa shape index (κ2) is 11.5. The molecule has 0 saturated carbocycles. The number of rotatable bonds is 10. The first-order valence-electron chi connectivity index (χ1n) is 7.85. The van der Waals surface area contributed by atoms with Gasteiger partial charge in [0.1, 0.15) is 0 Å². The Morgan fingerprint density at radius 2 is 1.70 bits per heavy atom. The quantitative estimate of drug-likeness (QED) is 0.331. The maximum absolute atomic E-state index is 10.6. The van der Waals surface area contributed by atoms with Gasteiger partial charge in [-0.25, -0.2) is 4.79 Å². The van der Waals surface area contributed by atoms with Crippen molar-refractivity contribution in [1.82, 2.24) is 0 Å². The molecule has 114 valence electrons. The van der Waals surface area contributed by atoms with Crippen LogP contribution in [0.25, 0.3) is 0 Å². The molecule has 1 N–H and O–H groups in total. The maximum atomic E-state index is 10.6. The van der Waals surface area contributed by atoms with E-state index in [2.05, 4.69) is 45.9 Å². The van der Waals surface area contributed by atoms with Crippen molar-refractivity contribution in [2.24, 2.45) is 11.8 Å². The molecule has 2 atom stereocenters. The molecule has 0 aromatic rings. The van der Waals surface area contributed by atoms with Gasteiger partial charge in [0.15, 0.2) is 0 Å². The lowest BCUT2D eigenvalue weighted by Gasteiger charge is -2.17. The minimum atomic E-state index is -0.880. The minimum Gasteiger partial charge on any atom is -0.478 e. The van der Waals surface area contributed by atoms with Crippen LogP contribution in [0.3, 0.4) is 0 Å². The number of hydrogen-bond donors (Lipinski definition) is 1. The van der Waals surface area contributed by atoms with Crippen molar-refractivity contribution in [3.8, 4) is 0 Å². The van der Waals surface area contributed by atoms with Crippen LogP contribution in [-0.2, 0) is 4.79 Å². The second-order valence-corrected chi connectivity index (χ2v) is 5.18. The predicted molar refractivity (Wildman–Crippen MR) is 86.8 cm³/mol. The van der Waals surface area contributed by atoms with E-state index >= 15 is 0 Å². The molecule has 0 aliphatic carbocycles. The Labute approximate surface area is 124 Å². The highest BCUT2D eigenvalue weighted by Crippen LogP contribution is 2.23. The van der Waals surface area contributed by atoms with Crippen LogP contribution in [0.4, 0.5) is 0 Å². The lowest BCUT2D eigenvalue weighted by Crippen LogP contribution is -2.04. The van der Waals surface area contributed by atoms with Gasteiger partial charge in [0.05, 0.1) is 0 Å². The molecule has 0 heterocycles. The molecule has 20 heavy (non-hydrogen) atoms. The van der Waals surface area contributed by atoms with Crippen molar-refractivity contribution in [1.29, 1.82) is 0 Å². The Kier molecular flexibility index (Phi) is 10.8. The fraction of sp³-hybridized carbons (Fsp3) is 0.611. The monoisotopic (exact) mass is 278 g/mol. The fourth-order valence-corrected chi connectivity index (χ4v) is 2.22. The summed E-state index contributed by atoms with van der Waals surface area (Å²) in [4.78, 5) is 10.6. The Morgan fingerprint density at radius 1 is 1.05 bits per heavy atom. The standard InChI is InChI=1S/C18H30O2/c1-5-9-10-15(6-2)13-17(8-4)14-16(7-3)11-12-18(19)20/h9-12,14-15,17H,5-8,13H2,1-4H3,(H,19,20)/b10-9+,12-11+,16-14-/t15-,17+/m0/s1. The first-order chi connectivity index (χ1) is 9.57. The number of allylic oxidation sites excluding steroid dienone is 5. The van der Waals surface area contributed by atoms with E-state index in [0.29, 0.717) is 11.8 Å². The van der Waals surface area contributed by atoms with Gasteiger partial charge >= 0.3 is 5.97 Å². The fourth-order valence-electron chi connectivity index (χ4n) is 2.22. The van der Waals surface area contributed by atoms with Crippen LogP contribution < -0.4 is 0 Å². The lowest BCUT2D eigenvalue weighted by atomic mass is 9.88. The first kappa shape index (κ1) is 18.7. The number of carboxylic acid groups (broad SMARTS) is 1. The van der Waals surface area contributed by atoms with E-state index in [9.17, 15) is 4.79 Å². The van der Waals surface area contributed by atoms with E-state index in [1.54, 1.807) is 6.08 Å². The molecule has 0 aliphatic heterocycles. The van der Waals surface area contributed by atoms with Crippen LogP contribution in [0.1, 0.15) is 59.8 Å². The van der Waals surface area contributed by atoms with Gasteiger partial charge in [0, 0.05) is 6.08 Å². The summed E-state index contributed by atoms with van der Waals surface area (Å²) >= 11 is 0. The van der Waals surface area contributed by atoms with Crippen LogP contribution in [0.15, 0.2) is 36.0 Å². The summed E-state index contributed by atoms with van der Waals surface area (Å²) in [6.45, 7) is 8.66. The summed E-state index contributed by atoms with van der Waals surface area (Å²) in [6, 6.07) is 0. The number of aliphatic carboxylic acids is 1. The van der Waals surface area contributed by atoms with Gasteiger partial charge in [-0.2, -0.15) is 0 Å². The van der Waals surface area contributed by atoms with Crippen LogP contribution in [0, 0.1) is 11.8 Å². The molecule has 0 unspecified atom stereocenters. The van der Waals surface area contributed by atoms with Crippen molar-refractivity contribution in [2.45, 2.75) is 59.8 Å². The van der Waals surface area contributed by atoms with E-state index in [1.165, 1.54) is 6.08 Å². The molecule has 0 radical (unpaired) electrons. The third-order valence-corrected chi connectivity index (χ3v) is 3.60. The molecule has 0 aromatic carbocycles. The van der Waals surface area contributed by atoms with Crippen molar-refractivity contribution >= 4 is 5.97 Å². The van der Waals surface area contributed by atoms with Gasteiger partial charge in [-0.15, -0.1) is 0 Å². The highest BCUT2D eigenvalue weighted by atomic mass is 16.4. The van der Waals surface area contributed by atoms with Crippen molar-refractivity contribution < 1.29 is 9.90 Å². The summed E-state index contributed by atoms with van der Waals surface area (Å²) in [7, 11) is 0. The van der Waals surface area contributed by atoms with Crippen LogP contribution in [-0.4, -0.2) is 11.1 Å². The number of carboxylic acids is 1. The Bertz CT molecular complexity index is 350. The second-order valence-electron chi connectivity index (χ2n) is 5.18. The highest BCUT2D eigenvalue weighted by molar-refractivity contribution is 5.80. The van der Waals surface area contributed by atoms with Crippen molar-refractivity contribution in [2.75, 3.05) is 0 Å². The topological polar surface area (TPSA) is 37.3 Å². The minimum absolute atomic E-state index is 0.523. The maximum Gasteiger partial charge on any atom is 0.328 e. The van der Waals surface area contributed by atoms with Crippen molar-refractivity contribution in [3.05, 3.63) is 36.0 Å². The van der Waals surface area contributed by atoms with E-state index in [0.717, 1.165) is 37.7 Å². The predicted octanol–water partition coefficient (Wildman–Crippen LogP) is 5.37. The SMILES string of the molecule is CC/C=C/[C@H](CC)C[C@H](/C=C(\C=C\C(=O)O)CC)CC. The molecule has 0 rings (SSSR count). The number of hydrogen-bond acceptors (Lipinski definition) is 1. The third kappa shape index (κ3) is 8.73. The molecule has 0 aliphatic rings. The molecule has 2 heteroatoms. The van der Waals surface area contributed by atoms with Gasteiger partial charge in [-0.05, 0) is 43.9 Å². The largest absolute Gasteiger partial charge is 0.478 e. The lowest BCUT2D eigenvalue weighted by molar-refractivity contribution is -0.131. The molecule has 2 nitrogen and oxygen atoms in total. The summed E-state index contributed by atoms with van der Waals surface area (Å²) in [5.74, 6) is 0.266. The van der Waals surface area contributed by atoms with E-state index in [1.807, 2.05) is 0 Å². The van der Waals surface area contributed by atoms with E-state index in [4.69, 9.17) is 5.11 Å². The molecule has 0 spiro atoms. The third-order valence-electron chi connectivity index (χ3n) is 3.60. The normalized spacial score (nSPS) is 15.9. The Morgan fingerprint density at radius 3 is 2.15 bits per heavy atom. The van der Waals surface area contributed by atoms with E-state index < -0.39 is 5.97 Å². The molecule has 0 aromatic heterocycles. The first-order valence-corrected chi connectivity index (χ1v) is 7.85. The van der Waals surface area contributed by atoms with Gasteiger partial charge in [0.2, 0.25) is 0 Å². The van der Waals surface area contributed by atoms with Gasteiger partial charge in [0.25, 0.3) is 0 Å². The summed E-state index contributed by atoms with van der Waals surface area (Å²) < 4.78 is 0. The molecular formula is C18H30O2. The molecule has 0 bridgehead atoms. The average Bonchev–Trinajstić information content (AvgIpc) is 2.45. The van der Waals surface area contributed by atoms with Crippen LogP contribution in [0.2, 0.25) is 0 Å². The van der Waals surface area contributed by atoms with Gasteiger partial charge < -0.3 is 5.11 Å². The zero-order chi connectivity index (χ0) is 15.4.